The van der Waals surface area contributed by atoms with Crippen LogP contribution in [0, 0.1) is 11.6 Å². The molecule has 3 aromatic carbocycles. The molecule has 0 aliphatic carbocycles. The highest BCUT2D eigenvalue weighted by Crippen LogP contribution is 2.23. The van der Waals surface area contributed by atoms with Crippen molar-refractivity contribution in [1.29, 1.82) is 0 Å². The lowest BCUT2D eigenvalue weighted by molar-refractivity contribution is -0.122. The van der Waals surface area contributed by atoms with Gasteiger partial charge in [0, 0.05) is 0 Å². The molecule has 1 fully saturated rings. The second-order valence-corrected chi connectivity index (χ2v) is 7.32. The second-order valence-electron chi connectivity index (χ2n) is 7.32. The average molecular weight is 477 g/mol. The molecule has 0 unspecified atom stereocenters. The van der Waals surface area contributed by atoms with Crippen molar-refractivity contribution in [2.75, 3.05) is 16.8 Å². The van der Waals surface area contributed by atoms with Gasteiger partial charge in [0.25, 0.3) is 17.7 Å². The van der Waals surface area contributed by atoms with Crippen molar-refractivity contribution in [3.8, 4) is 5.75 Å². The first kappa shape index (κ1) is 23.3. The molecule has 1 aliphatic heterocycles. The zero-order chi connectivity index (χ0) is 24.9. The Morgan fingerprint density at radius 2 is 1.63 bits per heavy atom. The van der Waals surface area contributed by atoms with Crippen molar-refractivity contribution in [2.45, 2.75) is 0 Å². The van der Waals surface area contributed by atoms with E-state index in [1.54, 1.807) is 6.07 Å². The lowest BCUT2D eigenvalue weighted by Gasteiger charge is -2.26. The molecular formula is C25H17F2N3O5. The normalized spacial score (nSPS) is 14.6. The molecule has 1 aliphatic rings. The summed E-state index contributed by atoms with van der Waals surface area (Å²) in [5.41, 5.74) is 0.281. The van der Waals surface area contributed by atoms with E-state index in [0.717, 1.165) is 17.0 Å². The van der Waals surface area contributed by atoms with Crippen LogP contribution >= 0.6 is 0 Å². The smallest absolute Gasteiger partial charge is 0.335 e. The molecule has 0 bridgehead atoms. The Kier molecular flexibility index (Phi) is 6.63. The number of nitrogens with zero attached hydrogens (tertiary/aromatic N) is 1. The van der Waals surface area contributed by atoms with Crippen LogP contribution in [0.4, 0.5) is 25.0 Å². The second kappa shape index (κ2) is 9.96. The van der Waals surface area contributed by atoms with Crippen LogP contribution in [0.3, 0.4) is 0 Å². The van der Waals surface area contributed by atoms with Gasteiger partial charge in [-0.3, -0.25) is 19.7 Å². The van der Waals surface area contributed by atoms with Crippen LogP contribution in [0.1, 0.15) is 5.56 Å². The maximum absolute atomic E-state index is 13.6. The number of para-hydroxylation sites is 1. The summed E-state index contributed by atoms with van der Waals surface area (Å²) in [6.45, 7) is -0.371. The van der Waals surface area contributed by atoms with Gasteiger partial charge in [0.15, 0.2) is 6.61 Å². The zero-order valence-corrected chi connectivity index (χ0v) is 18.0. The van der Waals surface area contributed by atoms with Gasteiger partial charge in [0.05, 0.1) is 11.4 Å². The van der Waals surface area contributed by atoms with E-state index in [2.05, 4.69) is 10.6 Å². The van der Waals surface area contributed by atoms with Gasteiger partial charge in [-0.05, 0) is 60.2 Å². The minimum Gasteiger partial charge on any atom is -0.484 e. The molecule has 8 nitrogen and oxygen atoms in total. The lowest BCUT2D eigenvalue weighted by atomic mass is 10.1. The van der Waals surface area contributed by atoms with Crippen molar-refractivity contribution in [2.24, 2.45) is 0 Å². The third-order valence-corrected chi connectivity index (χ3v) is 4.90. The van der Waals surface area contributed by atoms with E-state index in [-0.39, 0.29) is 23.6 Å². The molecule has 0 atom stereocenters. The van der Waals surface area contributed by atoms with E-state index >= 15 is 0 Å². The summed E-state index contributed by atoms with van der Waals surface area (Å²) in [7, 11) is 0. The van der Waals surface area contributed by atoms with Crippen LogP contribution in [0.2, 0.25) is 0 Å². The quantitative estimate of drug-likeness (QED) is 0.417. The molecule has 176 valence electrons. The van der Waals surface area contributed by atoms with Gasteiger partial charge < -0.3 is 10.1 Å². The fraction of sp³-hybridized carbons (Fsp3) is 0.0400. The molecule has 0 spiro atoms. The van der Waals surface area contributed by atoms with Crippen LogP contribution in [0.5, 0.6) is 5.75 Å². The number of benzene rings is 3. The van der Waals surface area contributed by atoms with Gasteiger partial charge in [-0.25, -0.2) is 18.5 Å². The minimum absolute atomic E-state index is 0.0339. The van der Waals surface area contributed by atoms with Crippen LogP contribution in [-0.2, 0) is 14.4 Å². The maximum Gasteiger partial charge on any atom is 0.335 e. The maximum atomic E-state index is 13.6. The highest BCUT2D eigenvalue weighted by Gasteiger charge is 2.36. The fourth-order valence-corrected chi connectivity index (χ4v) is 3.21. The Bertz CT molecular complexity index is 1340. The van der Waals surface area contributed by atoms with Crippen molar-refractivity contribution in [3.05, 3.63) is 95.6 Å². The number of carbonyl (C=O) groups excluding carboxylic acids is 4. The van der Waals surface area contributed by atoms with Crippen LogP contribution < -0.4 is 20.3 Å². The molecule has 3 aromatic rings. The topological polar surface area (TPSA) is 105 Å². The summed E-state index contributed by atoms with van der Waals surface area (Å²) in [4.78, 5) is 50.0. The molecule has 35 heavy (non-hydrogen) atoms. The highest BCUT2D eigenvalue weighted by atomic mass is 19.1. The number of hydrogen-bond donors (Lipinski definition) is 2. The minimum atomic E-state index is -0.943. The molecule has 5 amide bonds. The van der Waals surface area contributed by atoms with E-state index in [1.165, 1.54) is 60.7 Å². The van der Waals surface area contributed by atoms with Crippen LogP contribution in [0.15, 0.2) is 78.4 Å². The van der Waals surface area contributed by atoms with Crippen molar-refractivity contribution in [1.82, 2.24) is 5.32 Å². The summed E-state index contributed by atoms with van der Waals surface area (Å²) in [6, 6.07) is 15.5. The Morgan fingerprint density at radius 3 is 2.31 bits per heavy atom. The number of ether oxygens (including phenoxy) is 1. The number of amides is 5. The predicted molar refractivity (Wildman–Crippen MR) is 122 cm³/mol. The number of carbonyl (C=O) groups is 4. The molecule has 0 radical (unpaired) electrons. The SMILES string of the molecule is O=C(COc1ccc(/C=C2\C(=O)NC(=O)N(c3ccc(F)cc3)C2=O)cc1)Nc1ccccc1F. The Morgan fingerprint density at radius 1 is 0.943 bits per heavy atom. The largest absolute Gasteiger partial charge is 0.484 e. The number of rotatable bonds is 6. The summed E-state index contributed by atoms with van der Waals surface area (Å²) in [5.74, 6) is -3.09. The highest BCUT2D eigenvalue weighted by molar-refractivity contribution is 6.39. The van der Waals surface area contributed by atoms with Gasteiger partial charge >= 0.3 is 6.03 Å². The van der Waals surface area contributed by atoms with E-state index < -0.39 is 35.4 Å². The average Bonchev–Trinajstić information content (AvgIpc) is 2.84. The standard InChI is InChI=1S/C25H17F2N3O5/c26-16-7-9-17(10-8-16)30-24(33)19(23(32)29-25(30)34)13-15-5-11-18(12-6-15)35-14-22(31)28-21-4-2-1-3-20(21)27/h1-13H,14H2,(H,28,31)(H,29,32,34)/b19-13+. The first-order valence-electron chi connectivity index (χ1n) is 10.3. The summed E-state index contributed by atoms with van der Waals surface area (Å²) in [5, 5.41) is 4.48. The number of anilines is 2. The van der Waals surface area contributed by atoms with Crippen LogP contribution in [0.25, 0.3) is 6.08 Å². The number of hydrogen-bond acceptors (Lipinski definition) is 5. The van der Waals surface area contributed by atoms with E-state index in [1.807, 2.05) is 0 Å². The number of halogens is 2. The van der Waals surface area contributed by atoms with Crippen molar-refractivity contribution in [3.63, 3.8) is 0 Å². The van der Waals surface area contributed by atoms with Gasteiger partial charge in [0.1, 0.15) is 23.0 Å². The third kappa shape index (κ3) is 5.38. The summed E-state index contributed by atoms with van der Waals surface area (Å²) < 4.78 is 32.2. The third-order valence-electron chi connectivity index (χ3n) is 4.90. The van der Waals surface area contributed by atoms with Crippen molar-refractivity contribution >= 4 is 41.2 Å². The summed E-state index contributed by atoms with van der Waals surface area (Å²) in [6.07, 6.45) is 1.29. The predicted octanol–water partition coefficient (Wildman–Crippen LogP) is 3.65. The monoisotopic (exact) mass is 477 g/mol. The van der Waals surface area contributed by atoms with Gasteiger partial charge in [-0.2, -0.15) is 0 Å². The summed E-state index contributed by atoms with van der Waals surface area (Å²) >= 11 is 0. The van der Waals surface area contributed by atoms with Gasteiger partial charge in [-0.15, -0.1) is 0 Å². The van der Waals surface area contributed by atoms with E-state index in [0.29, 0.717) is 11.3 Å². The molecule has 0 saturated carbocycles. The first-order chi connectivity index (χ1) is 16.8. The molecule has 4 rings (SSSR count). The molecule has 1 heterocycles. The number of barbiturate groups is 1. The molecule has 2 N–H and O–H groups in total. The van der Waals surface area contributed by atoms with Gasteiger partial charge in [0.2, 0.25) is 0 Å². The van der Waals surface area contributed by atoms with Crippen LogP contribution in [-0.4, -0.2) is 30.4 Å². The van der Waals surface area contributed by atoms with Gasteiger partial charge in [-0.1, -0.05) is 24.3 Å². The first-order valence-corrected chi connectivity index (χ1v) is 10.3. The Hall–Kier alpha value is -4.86. The lowest BCUT2D eigenvalue weighted by Crippen LogP contribution is -2.54. The number of nitrogens with one attached hydrogen (secondary N) is 2. The van der Waals surface area contributed by atoms with E-state index in [4.69, 9.17) is 4.74 Å². The Labute approximate surface area is 197 Å². The van der Waals surface area contributed by atoms with Crippen molar-refractivity contribution < 1.29 is 32.7 Å². The van der Waals surface area contributed by atoms with E-state index in [9.17, 15) is 28.0 Å². The molecular weight excluding hydrogens is 460 g/mol. The fourth-order valence-electron chi connectivity index (χ4n) is 3.21. The zero-order valence-electron chi connectivity index (χ0n) is 18.0. The Balaban J connectivity index is 1.43. The molecule has 1 saturated heterocycles. The molecule has 10 heteroatoms. The number of urea groups is 1. The molecule has 0 aromatic heterocycles. The number of imide groups is 2.